The van der Waals surface area contributed by atoms with E-state index in [2.05, 4.69) is 69.3 Å². The van der Waals surface area contributed by atoms with Gasteiger partial charge < -0.3 is 11.1 Å². The van der Waals surface area contributed by atoms with Gasteiger partial charge in [-0.3, -0.25) is 4.68 Å². The first kappa shape index (κ1) is 15.4. The second-order valence-corrected chi connectivity index (χ2v) is 6.88. The number of nitrogens with one attached hydrogen (secondary N) is 1. The molecule has 0 fully saturated rings. The predicted octanol–water partition coefficient (Wildman–Crippen LogP) is 4.17. The zero-order chi connectivity index (χ0) is 15.8. The Morgan fingerprint density at radius 2 is 1.71 bits per heavy atom. The van der Waals surface area contributed by atoms with Gasteiger partial charge in [0.2, 0.25) is 0 Å². The summed E-state index contributed by atoms with van der Waals surface area (Å²) in [6.45, 7) is 10.8. The van der Waals surface area contributed by atoms with Crippen LogP contribution in [0.4, 0.5) is 17.2 Å². The van der Waals surface area contributed by atoms with Crippen LogP contribution in [0.1, 0.15) is 51.8 Å². The molecule has 4 heteroatoms. The first-order chi connectivity index (χ1) is 9.70. The summed E-state index contributed by atoms with van der Waals surface area (Å²) >= 11 is 0. The smallest absolute Gasteiger partial charge is 0.152 e. The minimum atomic E-state index is 0.162. The second kappa shape index (κ2) is 5.43. The average molecular weight is 286 g/mol. The van der Waals surface area contributed by atoms with E-state index in [1.807, 2.05) is 11.7 Å². The number of hydrogen-bond acceptors (Lipinski definition) is 3. The van der Waals surface area contributed by atoms with Gasteiger partial charge in [-0.2, -0.15) is 5.10 Å². The van der Waals surface area contributed by atoms with Crippen molar-refractivity contribution < 1.29 is 0 Å². The second-order valence-electron chi connectivity index (χ2n) is 6.88. The van der Waals surface area contributed by atoms with Crippen LogP contribution in [0.2, 0.25) is 0 Å². The minimum Gasteiger partial charge on any atom is -0.394 e. The van der Waals surface area contributed by atoms with Crippen LogP contribution in [0.3, 0.4) is 0 Å². The van der Waals surface area contributed by atoms with Gasteiger partial charge in [0.05, 0.1) is 11.4 Å². The maximum atomic E-state index is 6.21. The maximum absolute atomic E-state index is 6.21. The van der Waals surface area contributed by atoms with Crippen LogP contribution in [-0.2, 0) is 12.5 Å². The highest BCUT2D eigenvalue weighted by molar-refractivity contribution is 5.71. The fraction of sp³-hybridized carbons (Fsp3) is 0.471. The molecule has 0 radical (unpaired) electrons. The number of benzene rings is 1. The number of rotatable bonds is 3. The molecule has 0 saturated carbocycles. The normalized spacial score (nSPS) is 12.0. The summed E-state index contributed by atoms with van der Waals surface area (Å²) < 4.78 is 1.81. The zero-order valence-electron chi connectivity index (χ0n) is 13.9. The number of nitrogen functional groups attached to an aromatic ring is 1. The Morgan fingerprint density at radius 1 is 1.14 bits per heavy atom. The molecule has 0 aliphatic heterocycles. The van der Waals surface area contributed by atoms with Gasteiger partial charge in [-0.05, 0) is 29.0 Å². The summed E-state index contributed by atoms with van der Waals surface area (Å²) in [6, 6.07) is 8.47. The lowest BCUT2D eigenvalue weighted by Crippen LogP contribution is -2.10. The number of anilines is 3. The number of aromatic nitrogens is 2. The van der Waals surface area contributed by atoms with Crippen molar-refractivity contribution in [3.63, 3.8) is 0 Å². The molecular weight excluding hydrogens is 260 g/mol. The monoisotopic (exact) mass is 286 g/mol. The van der Waals surface area contributed by atoms with Gasteiger partial charge in [-0.25, -0.2) is 0 Å². The molecule has 114 valence electrons. The molecule has 0 atom stereocenters. The average Bonchev–Trinajstić information content (AvgIpc) is 2.66. The van der Waals surface area contributed by atoms with Crippen molar-refractivity contribution in [2.75, 3.05) is 11.1 Å². The Balaban J connectivity index is 2.27. The molecular formula is C17H26N4. The van der Waals surface area contributed by atoms with Gasteiger partial charge in [-0.15, -0.1) is 0 Å². The van der Waals surface area contributed by atoms with Gasteiger partial charge >= 0.3 is 0 Å². The molecule has 21 heavy (non-hydrogen) atoms. The molecule has 1 heterocycles. The Kier molecular flexibility index (Phi) is 3.99. The summed E-state index contributed by atoms with van der Waals surface area (Å²) in [4.78, 5) is 0. The van der Waals surface area contributed by atoms with Gasteiger partial charge in [0.25, 0.3) is 0 Å². The van der Waals surface area contributed by atoms with Gasteiger partial charge in [0.1, 0.15) is 0 Å². The highest BCUT2D eigenvalue weighted by Gasteiger charge is 2.17. The Bertz CT molecular complexity index is 615. The Morgan fingerprint density at radius 3 is 2.14 bits per heavy atom. The standard InChI is InChI=1S/C17H26N4/c1-11(2)15-14(18)16(21(6)20-15)19-13-9-7-12(8-10-13)17(3,4)5/h7-11,19H,18H2,1-6H3. The predicted molar refractivity (Wildman–Crippen MR) is 90.1 cm³/mol. The van der Waals surface area contributed by atoms with Gasteiger partial charge in [0.15, 0.2) is 5.82 Å². The largest absolute Gasteiger partial charge is 0.394 e. The third-order valence-electron chi connectivity index (χ3n) is 3.67. The van der Waals surface area contributed by atoms with E-state index >= 15 is 0 Å². The van der Waals surface area contributed by atoms with Crippen molar-refractivity contribution in [3.05, 3.63) is 35.5 Å². The van der Waals surface area contributed by atoms with Gasteiger partial charge in [-0.1, -0.05) is 46.8 Å². The lowest BCUT2D eigenvalue weighted by Gasteiger charge is -2.19. The van der Waals surface area contributed by atoms with Crippen LogP contribution < -0.4 is 11.1 Å². The molecule has 0 spiro atoms. The Hall–Kier alpha value is -1.97. The molecule has 1 aromatic heterocycles. The topological polar surface area (TPSA) is 55.9 Å². The Labute approximate surface area is 127 Å². The first-order valence-corrected chi connectivity index (χ1v) is 7.40. The van der Waals surface area contributed by atoms with E-state index in [9.17, 15) is 0 Å². The molecule has 0 bridgehead atoms. The van der Waals surface area contributed by atoms with E-state index in [-0.39, 0.29) is 5.41 Å². The number of nitrogens with two attached hydrogens (primary N) is 1. The molecule has 0 aliphatic rings. The van der Waals surface area contributed by atoms with Crippen LogP contribution in [-0.4, -0.2) is 9.78 Å². The lowest BCUT2D eigenvalue weighted by molar-refractivity contribution is 0.590. The van der Waals surface area contributed by atoms with E-state index in [1.54, 1.807) is 0 Å². The molecule has 1 aromatic carbocycles. The third-order valence-corrected chi connectivity index (χ3v) is 3.67. The van der Waals surface area contributed by atoms with Crippen LogP contribution in [0.25, 0.3) is 0 Å². The molecule has 2 aromatic rings. The summed E-state index contributed by atoms with van der Waals surface area (Å²) in [6.07, 6.45) is 0. The molecule has 4 nitrogen and oxygen atoms in total. The summed E-state index contributed by atoms with van der Waals surface area (Å²) in [5.41, 5.74) is 10.4. The molecule has 2 rings (SSSR count). The number of hydrogen-bond donors (Lipinski definition) is 2. The lowest BCUT2D eigenvalue weighted by atomic mass is 9.87. The van der Waals surface area contributed by atoms with Crippen LogP contribution in [0.5, 0.6) is 0 Å². The number of aryl methyl sites for hydroxylation is 1. The summed E-state index contributed by atoms with van der Waals surface area (Å²) in [5, 5.41) is 7.86. The van der Waals surface area contributed by atoms with Crippen molar-refractivity contribution in [2.45, 2.75) is 46.0 Å². The van der Waals surface area contributed by atoms with Crippen molar-refractivity contribution in [1.29, 1.82) is 0 Å². The van der Waals surface area contributed by atoms with Crippen LogP contribution in [0, 0.1) is 0 Å². The fourth-order valence-electron chi connectivity index (χ4n) is 2.33. The quantitative estimate of drug-likeness (QED) is 0.890. The van der Waals surface area contributed by atoms with E-state index in [1.165, 1.54) is 5.56 Å². The van der Waals surface area contributed by atoms with E-state index in [0.29, 0.717) is 5.92 Å². The molecule has 3 N–H and O–H groups in total. The van der Waals surface area contributed by atoms with E-state index < -0.39 is 0 Å². The first-order valence-electron chi connectivity index (χ1n) is 7.40. The zero-order valence-corrected chi connectivity index (χ0v) is 13.9. The molecule has 0 saturated heterocycles. The van der Waals surface area contributed by atoms with Crippen molar-refractivity contribution in [2.24, 2.45) is 7.05 Å². The van der Waals surface area contributed by atoms with Crippen molar-refractivity contribution >= 4 is 17.2 Å². The molecule has 0 unspecified atom stereocenters. The van der Waals surface area contributed by atoms with Crippen LogP contribution >= 0.6 is 0 Å². The summed E-state index contributed by atoms with van der Waals surface area (Å²) in [5.74, 6) is 1.16. The highest BCUT2D eigenvalue weighted by atomic mass is 15.3. The minimum absolute atomic E-state index is 0.162. The molecule has 0 aliphatic carbocycles. The van der Waals surface area contributed by atoms with Crippen molar-refractivity contribution in [1.82, 2.24) is 9.78 Å². The maximum Gasteiger partial charge on any atom is 0.152 e. The molecule has 0 amide bonds. The van der Waals surface area contributed by atoms with Crippen molar-refractivity contribution in [3.8, 4) is 0 Å². The number of nitrogens with zero attached hydrogens (tertiary/aromatic N) is 2. The van der Waals surface area contributed by atoms with Gasteiger partial charge in [0, 0.05) is 12.7 Å². The van der Waals surface area contributed by atoms with Crippen LogP contribution in [0.15, 0.2) is 24.3 Å². The summed E-state index contributed by atoms with van der Waals surface area (Å²) in [7, 11) is 1.91. The highest BCUT2D eigenvalue weighted by Crippen LogP contribution is 2.31. The van der Waals surface area contributed by atoms with E-state index in [4.69, 9.17) is 5.73 Å². The SMILES string of the molecule is CC(C)c1nn(C)c(Nc2ccc(C(C)(C)C)cc2)c1N. The van der Waals surface area contributed by atoms with E-state index in [0.717, 1.165) is 22.9 Å². The third kappa shape index (κ3) is 3.20. The fourth-order valence-corrected chi connectivity index (χ4v) is 2.33.